The predicted molar refractivity (Wildman–Crippen MR) is 65.6 cm³/mol. The van der Waals surface area contributed by atoms with Crippen LogP contribution in [0.3, 0.4) is 0 Å². The molecule has 1 fully saturated rings. The maximum absolute atomic E-state index is 11.9. The van der Waals surface area contributed by atoms with E-state index in [-0.39, 0.29) is 11.9 Å². The van der Waals surface area contributed by atoms with Crippen LogP contribution < -0.4 is 11.1 Å². The molecule has 94 valence electrons. The van der Waals surface area contributed by atoms with Crippen LogP contribution in [0.5, 0.6) is 0 Å². The summed E-state index contributed by atoms with van der Waals surface area (Å²) in [6.45, 7) is 2.51. The van der Waals surface area contributed by atoms with Crippen molar-refractivity contribution in [1.82, 2.24) is 15.5 Å². The summed E-state index contributed by atoms with van der Waals surface area (Å²) in [4.78, 5) is 11.9. The molecule has 17 heavy (non-hydrogen) atoms. The van der Waals surface area contributed by atoms with Gasteiger partial charge in [-0.15, -0.1) is 0 Å². The van der Waals surface area contributed by atoms with Crippen LogP contribution in [0.25, 0.3) is 0 Å². The molecule has 0 spiro atoms. The monoisotopic (exact) mass is 236 g/mol. The molecule has 0 radical (unpaired) electrons. The SMILES string of the molecule is Cc1[nH]ncc1C(=O)NCC1CCCCC1N. The van der Waals surface area contributed by atoms with Crippen LogP contribution in [0, 0.1) is 12.8 Å². The largest absolute Gasteiger partial charge is 0.352 e. The van der Waals surface area contributed by atoms with Gasteiger partial charge in [-0.3, -0.25) is 9.89 Å². The summed E-state index contributed by atoms with van der Waals surface area (Å²) in [6.07, 6.45) is 6.19. The Labute approximate surface area is 101 Å². The Morgan fingerprint density at radius 3 is 3.00 bits per heavy atom. The van der Waals surface area contributed by atoms with Gasteiger partial charge in [0.25, 0.3) is 5.91 Å². The molecule has 1 aliphatic carbocycles. The molecule has 1 aromatic rings. The Balaban J connectivity index is 1.86. The molecule has 0 saturated heterocycles. The molecule has 5 heteroatoms. The second kappa shape index (κ2) is 5.31. The van der Waals surface area contributed by atoms with E-state index in [2.05, 4.69) is 15.5 Å². The maximum Gasteiger partial charge on any atom is 0.254 e. The molecule has 2 atom stereocenters. The fraction of sp³-hybridized carbons (Fsp3) is 0.667. The molecule has 0 bridgehead atoms. The summed E-state index contributed by atoms with van der Waals surface area (Å²) in [7, 11) is 0. The summed E-state index contributed by atoms with van der Waals surface area (Å²) in [5.41, 5.74) is 7.47. The quantitative estimate of drug-likeness (QED) is 0.731. The summed E-state index contributed by atoms with van der Waals surface area (Å²) in [5.74, 6) is 0.355. The summed E-state index contributed by atoms with van der Waals surface area (Å²) < 4.78 is 0. The van der Waals surface area contributed by atoms with Crippen molar-refractivity contribution in [3.63, 3.8) is 0 Å². The molecule has 1 saturated carbocycles. The van der Waals surface area contributed by atoms with Crippen LogP contribution in [0.15, 0.2) is 6.20 Å². The number of nitrogens with two attached hydrogens (primary N) is 1. The number of nitrogens with one attached hydrogen (secondary N) is 2. The van der Waals surface area contributed by atoms with Gasteiger partial charge in [-0.05, 0) is 25.7 Å². The minimum Gasteiger partial charge on any atom is -0.352 e. The highest BCUT2D eigenvalue weighted by Gasteiger charge is 2.22. The lowest BCUT2D eigenvalue weighted by Crippen LogP contribution is -2.41. The first kappa shape index (κ1) is 12.1. The Hall–Kier alpha value is -1.36. The molecule has 2 unspecified atom stereocenters. The van der Waals surface area contributed by atoms with E-state index in [0.717, 1.165) is 18.5 Å². The van der Waals surface area contributed by atoms with Crippen molar-refractivity contribution < 1.29 is 4.79 Å². The number of hydrogen-bond donors (Lipinski definition) is 3. The molecule has 2 rings (SSSR count). The van der Waals surface area contributed by atoms with Crippen LogP contribution >= 0.6 is 0 Å². The van der Waals surface area contributed by atoms with Crippen molar-refractivity contribution in [2.24, 2.45) is 11.7 Å². The Morgan fingerprint density at radius 2 is 2.35 bits per heavy atom. The number of rotatable bonds is 3. The Morgan fingerprint density at radius 1 is 1.59 bits per heavy atom. The zero-order chi connectivity index (χ0) is 12.3. The number of hydrogen-bond acceptors (Lipinski definition) is 3. The third kappa shape index (κ3) is 2.85. The average molecular weight is 236 g/mol. The highest BCUT2D eigenvalue weighted by atomic mass is 16.1. The van der Waals surface area contributed by atoms with Crippen LogP contribution in [0.2, 0.25) is 0 Å². The minimum absolute atomic E-state index is 0.0611. The molecule has 0 aliphatic heterocycles. The van der Waals surface area contributed by atoms with Crippen LogP contribution in [-0.2, 0) is 0 Å². The predicted octanol–water partition coefficient (Wildman–Crippen LogP) is 0.965. The number of aromatic nitrogens is 2. The smallest absolute Gasteiger partial charge is 0.254 e. The molecule has 1 amide bonds. The van der Waals surface area contributed by atoms with E-state index in [1.165, 1.54) is 12.8 Å². The van der Waals surface area contributed by atoms with E-state index in [9.17, 15) is 4.79 Å². The van der Waals surface area contributed by atoms with Gasteiger partial charge in [-0.25, -0.2) is 0 Å². The third-order valence-electron chi connectivity index (χ3n) is 3.57. The molecule has 1 aliphatic rings. The second-order valence-corrected chi connectivity index (χ2v) is 4.83. The Kier molecular flexibility index (Phi) is 3.78. The second-order valence-electron chi connectivity index (χ2n) is 4.83. The fourth-order valence-corrected chi connectivity index (χ4v) is 2.39. The average Bonchev–Trinajstić information content (AvgIpc) is 2.74. The number of carbonyl (C=O) groups excluding carboxylic acids is 1. The van der Waals surface area contributed by atoms with E-state index in [1.54, 1.807) is 6.20 Å². The first-order chi connectivity index (χ1) is 8.18. The van der Waals surface area contributed by atoms with Crippen LogP contribution in [0.1, 0.15) is 41.7 Å². The fourth-order valence-electron chi connectivity index (χ4n) is 2.39. The van der Waals surface area contributed by atoms with Crippen LogP contribution in [-0.4, -0.2) is 28.7 Å². The van der Waals surface area contributed by atoms with Crippen molar-refractivity contribution >= 4 is 5.91 Å². The van der Waals surface area contributed by atoms with Crippen molar-refractivity contribution in [2.45, 2.75) is 38.6 Å². The van der Waals surface area contributed by atoms with Gasteiger partial charge >= 0.3 is 0 Å². The van der Waals surface area contributed by atoms with Crippen molar-refractivity contribution in [3.8, 4) is 0 Å². The first-order valence-corrected chi connectivity index (χ1v) is 6.22. The topological polar surface area (TPSA) is 83.8 Å². The van der Waals surface area contributed by atoms with Crippen LogP contribution in [0.4, 0.5) is 0 Å². The third-order valence-corrected chi connectivity index (χ3v) is 3.57. The molecular formula is C12H20N4O. The van der Waals surface area contributed by atoms with Gasteiger partial charge in [0, 0.05) is 18.3 Å². The summed E-state index contributed by atoms with van der Waals surface area (Å²) in [5, 5.41) is 9.55. The summed E-state index contributed by atoms with van der Waals surface area (Å²) >= 11 is 0. The lowest BCUT2D eigenvalue weighted by atomic mass is 9.85. The van der Waals surface area contributed by atoms with Gasteiger partial charge in [0.1, 0.15) is 0 Å². The highest BCUT2D eigenvalue weighted by Crippen LogP contribution is 2.22. The number of H-pyrrole nitrogens is 1. The van der Waals surface area contributed by atoms with Gasteiger partial charge in [0.15, 0.2) is 0 Å². The molecule has 5 nitrogen and oxygen atoms in total. The van der Waals surface area contributed by atoms with Crippen molar-refractivity contribution in [1.29, 1.82) is 0 Å². The normalized spacial score (nSPS) is 24.6. The van der Waals surface area contributed by atoms with Gasteiger partial charge < -0.3 is 11.1 Å². The van der Waals surface area contributed by atoms with E-state index in [0.29, 0.717) is 18.0 Å². The lowest BCUT2D eigenvalue weighted by molar-refractivity contribution is 0.0941. The summed E-state index contributed by atoms with van der Waals surface area (Å²) in [6, 6.07) is 0.231. The standard InChI is InChI=1S/C12H20N4O/c1-8-10(7-15-16-8)12(17)14-6-9-4-2-3-5-11(9)13/h7,9,11H,2-6,13H2,1H3,(H,14,17)(H,15,16). The van der Waals surface area contributed by atoms with Gasteiger partial charge in [0.2, 0.25) is 0 Å². The van der Waals surface area contributed by atoms with Crippen molar-refractivity contribution in [2.75, 3.05) is 6.54 Å². The van der Waals surface area contributed by atoms with Crippen molar-refractivity contribution in [3.05, 3.63) is 17.5 Å². The molecular weight excluding hydrogens is 216 g/mol. The van der Waals surface area contributed by atoms with E-state index < -0.39 is 0 Å². The molecule has 1 heterocycles. The van der Waals surface area contributed by atoms with E-state index >= 15 is 0 Å². The van der Waals surface area contributed by atoms with Gasteiger partial charge in [-0.2, -0.15) is 5.10 Å². The maximum atomic E-state index is 11.9. The van der Waals surface area contributed by atoms with E-state index in [1.807, 2.05) is 6.92 Å². The number of aryl methyl sites for hydroxylation is 1. The first-order valence-electron chi connectivity index (χ1n) is 6.22. The molecule has 4 N–H and O–H groups in total. The number of nitrogens with zero attached hydrogens (tertiary/aromatic N) is 1. The zero-order valence-corrected chi connectivity index (χ0v) is 10.2. The number of amides is 1. The minimum atomic E-state index is -0.0611. The zero-order valence-electron chi connectivity index (χ0n) is 10.2. The van der Waals surface area contributed by atoms with Gasteiger partial charge in [0.05, 0.1) is 11.8 Å². The number of aromatic amines is 1. The molecule has 0 aromatic carbocycles. The van der Waals surface area contributed by atoms with Gasteiger partial charge in [-0.1, -0.05) is 12.8 Å². The number of carbonyl (C=O) groups is 1. The highest BCUT2D eigenvalue weighted by molar-refractivity contribution is 5.94. The molecule has 1 aromatic heterocycles. The lowest BCUT2D eigenvalue weighted by Gasteiger charge is -2.28. The Bertz CT molecular complexity index is 388. The van der Waals surface area contributed by atoms with E-state index in [4.69, 9.17) is 5.73 Å².